The number of thiophene rings is 1. The third kappa shape index (κ3) is 2.75. The van der Waals surface area contributed by atoms with Crippen molar-refractivity contribution in [3.8, 4) is 10.7 Å². The van der Waals surface area contributed by atoms with E-state index in [1.54, 1.807) is 11.3 Å². The molecule has 1 aromatic carbocycles. The van der Waals surface area contributed by atoms with Gasteiger partial charge in [-0.15, -0.1) is 11.3 Å². The van der Waals surface area contributed by atoms with E-state index in [0.29, 0.717) is 24.8 Å². The fraction of sp³-hybridized carbons (Fsp3) is 0.211. The molecule has 0 spiro atoms. The zero-order chi connectivity index (χ0) is 17.5. The van der Waals surface area contributed by atoms with Crippen molar-refractivity contribution in [3.63, 3.8) is 0 Å². The van der Waals surface area contributed by atoms with Gasteiger partial charge in [-0.25, -0.2) is 9.97 Å². The average molecular weight is 364 g/mol. The number of aromatic nitrogens is 3. The Morgan fingerprint density at radius 3 is 2.96 bits per heavy atom. The number of hydrogen-bond donors (Lipinski definition) is 1. The van der Waals surface area contributed by atoms with Gasteiger partial charge in [0.15, 0.2) is 11.4 Å². The van der Waals surface area contributed by atoms with Crippen molar-refractivity contribution in [3.05, 3.63) is 69.3 Å². The lowest BCUT2D eigenvalue weighted by Crippen LogP contribution is -2.35. The van der Waals surface area contributed by atoms with E-state index in [9.17, 15) is 4.79 Å². The van der Waals surface area contributed by atoms with Crippen LogP contribution in [0.1, 0.15) is 17.1 Å². The van der Waals surface area contributed by atoms with Gasteiger partial charge in [0.05, 0.1) is 22.7 Å². The summed E-state index contributed by atoms with van der Waals surface area (Å²) in [6.45, 7) is 1.97. The van der Waals surface area contributed by atoms with E-state index in [0.717, 1.165) is 40.2 Å². The summed E-state index contributed by atoms with van der Waals surface area (Å²) in [7, 11) is 0. The Morgan fingerprint density at radius 1 is 1.19 bits per heavy atom. The van der Waals surface area contributed by atoms with Crippen LogP contribution in [-0.4, -0.2) is 26.4 Å². The molecule has 0 radical (unpaired) electrons. The van der Waals surface area contributed by atoms with Crippen molar-refractivity contribution in [2.75, 3.05) is 6.54 Å². The van der Waals surface area contributed by atoms with Gasteiger partial charge >= 0.3 is 0 Å². The molecule has 0 unspecified atom stereocenters. The molecule has 0 amide bonds. The van der Waals surface area contributed by atoms with E-state index in [4.69, 9.17) is 4.42 Å². The van der Waals surface area contributed by atoms with Crippen molar-refractivity contribution in [1.29, 1.82) is 0 Å². The van der Waals surface area contributed by atoms with Crippen LogP contribution in [0.3, 0.4) is 0 Å². The van der Waals surface area contributed by atoms with Gasteiger partial charge in [0.2, 0.25) is 5.89 Å². The van der Waals surface area contributed by atoms with Gasteiger partial charge in [-0.05, 0) is 23.6 Å². The minimum atomic E-state index is -0.0549. The number of nitrogens with one attached hydrogen (secondary N) is 1. The van der Waals surface area contributed by atoms with Crippen molar-refractivity contribution in [2.24, 2.45) is 0 Å². The molecule has 130 valence electrons. The number of nitrogens with zero attached hydrogens (tertiary/aromatic N) is 3. The Balaban J connectivity index is 1.40. The second kappa shape index (κ2) is 6.19. The van der Waals surface area contributed by atoms with E-state index in [1.807, 2.05) is 41.8 Å². The molecule has 1 aliphatic heterocycles. The molecule has 0 saturated heterocycles. The number of benzene rings is 1. The third-order valence-electron chi connectivity index (χ3n) is 4.60. The van der Waals surface area contributed by atoms with Gasteiger partial charge in [0, 0.05) is 19.5 Å². The average Bonchev–Trinajstić information content (AvgIpc) is 3.31. The highest BCUT2D eigenvalue weighted by Crippen LogP contribution is 2.23. The lowest BCUT2D eigenvalue weighted by Gasteiger charge is -2.26. The molecule has 0 bridgehead atoms. The summed E-state index contributed by atoms with van der Waals surface area (Å²) in [6.07, 6.45) is 0.748. The highest BCUT2D eigenvalue weighted by molar-refractivity contribution is 7.13. The summed E-state index contributed by atoms with van der Waals surface area (Å²) >= 11 is 1.58. The summed E-state index contributed by atoms with van der Waals surface area (Å²) < 4.78 is 5.80. The molecule has 1 aliphatic rings. The minimum Gasteiger partial charge on any atom is -0.439 e. The molecular formula is C19H16N4O2S. The second-order valence-electron chi connectivity index (χ2n) is 6.35. The normalized spacial score (nSPS) is 14.6. The number of fused-ring (bicyclic) bond motifs is 2. The van der Waals surface area contributed by atoms with Gasteiger partial charge in [-0.2, -0.15) is 0 Å². The van der Waals surface area contributed by atoms with E-state index in [-0.39, 0.29) is 5.56 Å². The molecule has 0 saturated carbocycles. The number of para-hydroxylation sites is 2. The zero-order valence-corrected chi connectivity index (χ0v) is 14.8. The zero-order valence-electron chi connectivity index (χ0n) is 13.9. The van der Waals surface area contributed by atoms with Crippen molar-refractivity contribution in [2.45, 2.75) is 19.5 Å². The number of rotatable bonds is 3. The van der Waals surface area contributed by atoms with Crippen LogP contribution in [0.4, 0.5) is 0 Å². The first-order valence-corrected chi connectivity index (χ1v) is 9.37. The van der Waals surface area contributed by atoms with Gasteiger partial charge in [-0.1, -0.05) is 18.2 Å². The number of hydrogen-bond acceptors (Lipinski definition) is 6. The Kier molecular flexibility index (Phi) is 3.69. The molecule has 5 rings (SSSR count). The van der Waals surface area contributed by atoms with Crippen molar-refractivity contribution in [1.82, 2.24) is 19.9 Å². The SMILES string of the molecule is O=c1[nH]c(-c2cccs2)nc2c1CN(Cc1nc3ccccc3o1)CC2. The van der Waals surface area contributed by atoms with E-state index in [1.165, 1.54) is 0 Å². The summed E-state index contributed by atoms with van der Waals surface area (Å²) in [4.78, 5) is 27.9. The summed E-state index contributed by atoms with van der Waals surface area (Å²) in [6, 6.07) is 11.7. The van der Waals surface area contributed by atoms with Crippen molar-refractivity contribution < 1.29 is 4.42 Å². The largest absolute Gasteiger partial charge is 0.439 e. The van der Waals surface area contributed by atoms with E-state index < -0.39 is 0 Å². The topological polar surface area (TPSA) is 75.0 Å². The molecular weight excluding hydrogens is 348 g/mol. The predicted octanol–water partition coefficient (Wildman–Crippen LogP) is 3.20. The van der Waals surface area contributed by atoms with Crippen LogP contribution in [0.25, 0.3) is 21.8 Å². The molecule has 4 aromatic rings. The van der Waals surface area contributed by atoms with E-state index in [2.05, 4.69) is 19.9 Å². The maximum absolute atomic E-state index is 12.6. The summed E-state index contributed by atoms with van der Waals surface area (Å²) in [5.74, 6) is 1.34. The molecule has 1 N–H and O–H groups in total. The second-order valence-corrected chi connectivity index (χ2v) is 7.30. The Morgan fingerprint density at radius 2 is 2.12 bits per heavy atom. The van der Waals surface area contributed by atoms with Crippen LogP contribution < -0.4 is 5.56 Å². The van der Waals surface area contributed by atoms with Crippen LogP contribution in [0.2, 0.25) is 0 Å². The van der Waals surface area contributed by atoms with Gasteiger partial charge < -0.3 is 9.40 Å². The monoisotopic (exact) mass is 364 g/mol. The van der Waals surface area contributed by atoms with Crippen LogP contribution >= 0.6 is 11.3 Å². The fourth-order valence-electron chi connectivity index (χ4n) is 3.32. The molecule has 7 heteroatoms. The highest BCUT2D eigenvalue weighted by atomic mass is 32.1. The molecule has 0 aliphatic carbocycles. The van der Waals surface area contributed by atoms with Gasteiger partial charge in [-0.3, -0.25) is 9.69 Å². The minimum absolute atomic E-state index is 0.0549. The van der Waals surface area contributed by atoms with Crippen molar-refractivity contribution >= 4 is 22.4 Å². The first-order valence-electron chi connectivity index (χ1n) is 8.49. The highest BCUT2D eigenvalue weighted by Gasteiger charge is 2.23. The molecule has 4 heterocycles. The summed E-state index contributed by atoms with van der Waals surface area (Å²) in [5, 5.41) is 1.98. The van der Waals surface area contributed by atoms with Crippen LogP contribution in [0, 0.1) is 0 Å². The smallest absolute Gasteiger partial charge is 0.255 e. The maximum atomic E-state index is 12.6. The van der Waals surface area contributed by atoms with E-state index >= 15 is 0 Å². The first-order chi connectivity index (χ1) is 12.8. The number of H-pyrrole nitrogens is 1. The predicted molar refractivity (Wildman–Crippen MR) is 100.0 cm³/mol. The molecule has 0 atom stereocenters. The maximum Gasteiger partial charge on any atom is 0.255 e. The lowest BCUT2D eigenvalue weighted by molar-refractivity contribution is 0.220. The van der Waals surface area contributed by atoms with Crippen LogP contribution in [0.15, 0.2) is 51.0 Å². The number of aromatic amines is 1. The summed E-state index contributed by atoms with van der Waals surface area (Å²) in [5.41, 5.74) is 3.24. The van der Waals surface area contributed by atoms with Gasteiger partial charge in [0.25, 0.3) is 5.56 Å². The van der Waals surface area contributed by atoms with Gasteiger partial charge in [0.1, 0.15) is 5.52 Å². The molecule has 3 aromatic heterocycles. The first kappa shape index (κ1) is 15.5. The Hall–Kier alpha value is -2.77. The van der Waals surface area contributed by atoms with Crippen LogP contribution in [-0.2, 0) is 19.5 Å². The lowest BCUT2D eigenvalue weighted by atomic mass is 10.1. The Bertz CT molecular complexity index is 1100. The molecule has 6 nitrogen and oxygen atoms in total. The third-order valence-corrected chi connectivity index (χ3v) is 5.48. The fourth-order valence-corrected chi connectivity index (χ4v) is 3.99. The van der Waals surface area contributed by atoms with Crippen LogP contribution in [0.5, 0.6) is 0 Å². The Labute approximate surface area is 153 Å². The number of oxazole rings is 1. The molecule has 0 fully saturated rings. The molecule has 26 heavy (non-hydrogen) atoms. The quantitative estimate of drug-likeness (QED) is 0.604. The standard InChI is InChI=1S/C19H16N4O2S/c24-19-12-10-23(11-17-20-14-4-1-2-5-15(14)25-17)8-7-13(12)21-18(22-19)16-6-3-9-26-16/h1-6,9H,7-8,10-11H2,(H,21,22,24).